The summed E-state index contributed by atoms with van der Waals surface area (Å²) in [6.07, 6.45) is 5.63. The molecule has 2 amide bonds. The van der Waals surface area contributed by atoms with Crippen LogP contribution in [0.3, 0.4) is 0 Å². The zero-order chi connectivity index (χ0) is 24.8. The van der Waals surface area contributed by atoms with Gasteiger partial charge in [0.1, 0.15) is 5.82 Å². The van der Waals surface area contributed by atoms with E-state index in [9.17, 15) is 14.8 Å². The number of hydrogen-bond donors (Lipinski definition) is 3. The third-order valence-corrected chi connectivity index (χ3v) is 7.03. The first-order chi connectivity index (χ1) is 16.2. The molecule has 0 radical (unpaired) electrons. The predicted molar refractivity (Wildman–Crippen MR) is 127 cm³/mol. The highest BCUT2D eigenvalue weighted by Gasteiger charge is 2.34. The van der Waals surface area contributed by atoms with Gasteiger partial charge in [0.15, 0.2) is 11.6 Å². The van der Waals surface area contributed by atoms with Gasteiger partial charge in [-0.3, -0.25) is 25.6 Å². The molecule has 1 saturated heterocycles. The molecule has 1 aliphatic carbocycles. The van der Waals surface area contributed by atoms with Gasteiger partial charge in [0.2, 0.25) is 18.1 Å². The van der Waals surface area contributed by atoms with Crippen molar-refractivity contribution in [2.45, 2.75) is 58.4 Å². The molecule has 2 aliphatic rings. The number of likely N-dealkylation sites (N-methyl/N-ethyl adjacent to an activating group) is 1. The molecule has 2 heterocycles. The standard InChI is InChI=1S/C23H38FN7O3/c1-5-19-25-21(20(24)22(26-19)30-11-15(2)18(13-30)29(3)4)27-28-23(33)17(12-31(34)14-32)10-16-8-6-7-9-16/h14-18,34H,5-13H2,1-4H3,(H,28,33)(H,25,26,27)/t15-,17+,18-/m0/s1. The normalized spacial score (nSPS) is 21.7. The van der Waals surface area contributed by atoms with Gasteiger partial charge in [0, 0.05) is 25.6 Å². The van der Waals surface area contributed by atoms with Gasteiger partial charge in [0.25, 0.3) is 0 Å². The molecule has 190 valence electrons. The minimum atomic E-state index is -0.624. The molecule has 11 heteroatoms. The minimum absolute atomic E-state index is 0.0907. The number of nitrogens with zero attached hydrogens (tertiary/aromatic N) is 5. The molecule has 0 bridgehead atoms. The van der Waals surface area contributed by atoms with Crippen molar-refractivity contribution >= 4 is 24.0 Å². The van der Waals surface area contributed by atoms with Crippen LogP contribution in [0.15, 0.2) is 0 Å². The van der Waals surface area contributed by atoms with Crippen LogP contribution in [0.2, 0.25) is 0 Å². The quantitative estimate of drug-likeness (QED) is 0.251. The molecular formula is C23H38FN7O3. The molecule has 0 unspecified atom stereocenters. The molecule has 3 N–H and O–H groups in total. The molecule has 34 heavy (non-hydrogen) atoms. The van der Waals surface area contributed by atoms with Crippen LogP contribution >= 0.6 is 0 Å². The molecule has 3 rings (SSSR count). The van der Waals surface area contributed by atoms with Crippen LogP contribution in [0, 0.1) is 23.6 Å². The number of rotatable bonds is 11. The van der Waals surface area contributed by atoms with E-state index in [1.807, 2.05) is 25.9 Å². The van der Waals surface area contributed by atoms with Gasteiger partial charge < -0.3 is 9.80 Å². The number of anilines is 2. The van der Waals surface area contributed by atoms with E-state index in [0.717, 1.165) is 25.7 Å². The zero-order valence-electron chi connectivity index (χ0n) is 20.6. The van der Waals surface area contributed by atoms with Crippen molar-refractivity contribution in [1.29, 1.82) is 0 Å². The van der Waals surface area contributed by atoms with Gasteiger partial charge in [-0.05, 0) is 32.4 Å². The molecule has 1 aromatic rings. The van der Waals surface area contributed by atoms with E-state index in [0.29, 0.717) is 48.7 Å². The van der Waals surface area contributed by atoms with E-state index in [2.05, 4.69) is 32.6 Å². The predicted octanol–water partition coefficient (Wildman–Crippen LogP) is 2.05. The topological polar surface area (TPSA) is 114 Å². The maximum Gasteiger partial charge on any atom is 0.243 e. The second-order valence-corrected chi connectivity index (χ2v) is 9.82. The summed E-state index contributed by atoms with van der Waals surface area (Å²) in [7, 11) is 4.03. The van der Waals surface area contributed by atoms with Crippen LogP contribution in [-0.2, 0) is 16.0 Å². The van der Waals surface area contributed by atoms with Crippen molar-refractivity contribution in [2.24, 2.45) is 17.8 Å². The van der Waals surface area contributed by atoms with Gasteiger partial charge in [0.05, 0.1) is 12.5 Å². The number of aromatic nitrogens is 2. The van der Waals surface area contributed by atoms with Crippen LogP contribution < -0.4 is 15.8 Å². The number of hydrogen-bond acceptors (Lipinski definition) is 8. The van der Waals surface area contributed by atoms with Crippen molar-refractivity contribution in [3.63, 3.8) is 0 Å². The van der Waals surface area contributed by atoms with Gasteiger partial charge in [-0.1, -0.05) is 39.5 Å². The maximum atomic E-state index is 15.5. The largest absolute Gasteiger partial charge is 0.352 e. The third kappa shape index (κ3) is 6.32. The molecule has 1 saturated carbocycles. The first kappa shape index (κ1) is 26.1. The first-order valence-corrected chi connectivity index (χ1v) is 12.2. The molecule has 0 aromatic carbocycles. The fraction of sp³-hybridized carbons (Fsp3) is 0.739. The van der Waals surface area contributed by atoms with E-state index in [-0.39, 0.29) is 30.6 Å². The van der Waals surface area contributed by atoms with Gasteiger partial charge in [-0.15, -0.1) is 0 Å². The Hall–Kier alpha value is -2.53. The lowest BCUT2D eigenvalue weighted by Gasteiger charge is -2.24. The number of nitrogens with one attached hydrogen (secondary N) is 2. The number of carbonyl (C=O) groups excluding carboxylic acids is 2. The Balaban J connectivity index is 1.74. The molecule has 3 atom stereocenters. The highest BCUT2D eigenvalue weighted by molar-refractivity contribution is 5.80. The number of halogens is 1. The van der Waals surface area contributed by atoms with Crippen molar-refractivity contribution in [1.82, 2.24) is 25.4 Å². The second-order valence-electron chi connectivity index (χ2n) is 9.82. The number of hydrazine groups is 1. The van der Waals surface area contributed by atoms with E-state index < -0.39 is 17.6 Å². The molecule has 1 aromatic heterocycles. The van der Waals surface area contributed by atoms with Crippen molar-refractivity contribution in [3.8, 4) is 0 Å². The lowest BCUT2D eigenvalue weighted by Crippen LogP contribution is -2.41. The van der Waals surface area contributed by atoms with E-state index in [4.69, 9.17) is 0 Å². The van der Waals surface area contributed by atoms with Crippen LogP contribution in [0.25, 0.3) is 0 Å². The van der Waals surface area contributed by atoms with Crippen LogP contribution in [0.5, 0.6) is 0 Å². The monoisotopic (exact) mass is 479 g/mol. The summed E-state index contributed by atoms with van der Waals surface area (Å²) in [5, 5.41) is 10.1. The Labute approximate surface area is 200 Å². The Kier molecular flexibility index (Phi) is 9.01. The summed E-state index contributed by atoms with van der Waals surface area (Å²) in [4.78, 5) is 36.6. The smallest absolute Gasteiger partial charge is 0.243 e. The Morgan fingerprint density at radius 1 is 1.29 bits per heavy atom. The fourth-order valence-electron chi connectivity index (χ4n) is 5.13. The van der Waals surface area contributed by atoms with Crippen LogP contribution in [0.4, 0.5) is 16.0 Å². The number of amides is 2. The van der Waals surface area contributed by atoms with Gasteiger partial charge in [-0.2, -0.15) is 4.39 Å². The number of carbonyl (C=O) groups is 2. The summed E-state index contributed by atoms with van der Waals surface area (Å²) >= 11 is 0. The lowest BCUT2D eigenvalue weighted by molar-refractivity contribution is -0.154. The summed E-state index contributed by atoms with van der Waals surface area (Å²) in [5.41, 5.74) is 5.19. The highest BCUT2D eigenvalue weighted by Crippen LogP contribution is 2.31. The Morgan fingerprint density at radius 2 is 2.00 bits per heavy atom. The highest BCUT2D eigenvalue weighted by atomic mass is 19.1. The molecule has 10 nitrogen and oxygen atoms in total. The Bertz CT molecular complexity index is 850. The molecule has 1 aliphatic heterocycles. The summed E-state index contributed by atoms with van der Waals surface area (Å²) in [5.74, 6) is -0.342. The van der Waals surface area contributed by atoms with Crippen molar-refractivity contribution in [3.05, 3.63) is 11.6 Å². The van der Waals surface area contributed by atoms with Crippen molar-refractivity contribution in [2.75, 3.05) is 44.1 Å². The van der Waals surface area contributed by atoms with Crippen LogP contribution in [0.1, 0.15) is 51.8 Å². The van der Waals surface area contributed by atoms with E-state index in [1.165, 1.54) is 0 Å². The second kappa shape index (κ2) is 11.7. The third-order valence-electron chi connectivity index (χ3n) is 7.03. The number of hydroxylamine groups is 2. The summed E-state index contributed by atoms with van der Waals surface area (Å²) in [6.45, 7) is 5.23. The maximum absolute atomic E-state index is 15.5. The van der Waals surface area contributed by atoms with Gasteiger partial charge in [-0.25, -0.2) is 15.0 Å². The van der Waals surface area contributed by atoms with Crippen LogP contribution in [-0.4, -0.2) is 77.2 Å². The Morgan fingerprint density at radius 3 is 2.59 bits per heavy atom. The lowest BCUT2D eigenvalue weighted by atomic mass is 9.92. The zero-order valence-corrected chi connectivity index (χ0v) is 20.6. The van der Waals surface area contributed by atoms with E-state index >= 15 is 4.39 Å². The summed E-state index contributed by atoms with van der Waals surface area (Å²) in [6, 6.07) is 0.283. The average Bonchev–Trinajstić information content (AvgIpc) is 3.47. The molecule has 2 fully saturated rings. The molecular weight excluding hydrogens is 441 g/mol. The number of aryl methyl sites for hydroxylation is 1. The first-order valence-electron chi connectivity index (χ1n) is 12.2. The van der Waals surface area contributed by atoms with Crippen molar-refractivity contribution < 1.29 is 19.2 Å². The minimum Gasteiger partial charge on any atom is -0.352 e. The van der Waals surface area contributed by atoms with E-state index in [1.54, 1.807) is 0 Å². The molecule has 0 spiro atoms. The average molecular weight is 480 g/mol. The van der Waals surface area contributed by atoms with Gasteiger partial charge >= 0.3 is 0 Å². The summed E-state index contributed by atoms with van der Waals surface area (Å²) < 4.78 is 15.5. The SMILES string of the molecule is CCc1nc(NNC(=O)[C@H](CC2CCCC2)CN(O)C=O)c(F)c(N2C[C@H](C)[C@@H](N(C)C)C2)n1. The fourth-order valence-corrected chi connectivity index (χ4v) is 5.13.